The highest BCUT2D eigenvalue weighted by molar-refractivity contribution is 7.17. The number of aromatic amines is 1. The van der Waals surface area contributed by atoms with Crippen molar-refractivity contribution < 1.29 is 4.79 Å². The van der Waals surface area contributed by atoms with Gasteiger partial charge in [0.15, 0.2) is 0 Å². The lowest BCUT2D eigenvalue weighted by Crippen LogP contribution is -2.46. The summed E-state index contributed by atoms with van der Waals surface area (Å²) in [5.74, 6) is -0.147. The largest absolute Gasteiger partial charge is 0.361 e. The number of nitrogens with zero attached hydrogens (tertiary/aromatic N) is 4. The Labute approximate surface area is 175 Å². The molecule has 0 saturated carbocycles. The molecule has 3 aromatic rings. The number of benzene rings is 1. The van der Waals surface area contributed by atoms with E-state index in [9.17, 15) is 4.79 Å². The molecule has 3 heterocycles. The van der Waals surface area contributed by atoms with Gasteiger partial charge in [-0.1, -0.05) is 36.5 Å². The fourth-order valence-electron chi connectivity index (χ4n) is 3.88. The van der Waals surface area contributed by atoms with Crippen molar-refractivity contribution in [3.05, 3.63) is 41.0 Å². The number of hydrogen-bond donors (Lipinski definition) is 2. The molecule has 0 aliphatic carbocycles. The first-order valence-corrected chi connectivity index (χ1v) is 11.1. The topological polar surface area (TPSA) is 77.2 Å². The molecule has 1 aromatic carbocycles. The summed E-state index contributed by atoms with van der Waals surface area (Å²) in [5.41, 5.74) is 2.32. The van der Waals surface area contributed by atoms with Gasteiger partial charge in [0.2, 0.25) is 10.1 Å². The monoisotopic (exact) mass is 412 g/mol. The zero-order valence-corrected chi connectivity index (χ0v) is 17.8. The zero-order chi connectivity index (χ0) is 20.2. The Hall–Kier alpha value is -2.45. The molecule has 7 nitrogen and oxygen atoms in total. The Morgan fingerprint density at radius 3 is 2.83 bits per heavy atom. The number of H-pyrrole nitrogens is 1. The van der Waals surface area contributed by atoms with Crippen LogP contribution in [0.1, 0.15) is 35.6 Å². The number of nitrogens with one attached hydrogen (secondary N) is 2. The van der Waals surface area contributed by atoms with Gasteiger partial charge < -0.3 is 15.2 Å². The van der Waals surface area contributed by atoms with Crippen LogP contribution in [0.2, 0.25) is 0 Å². The first kappa shape index (κ1) is 19.8. The van der Waals surface area contributed by atoms with Gasteiger partial charge in [-0.15, -0.1) is 10.2 Å². The van der Waals surface area contributed by atoms with Gasteiger partial charge in [-0.25, -0.2) is 0 Å². The van der Waals surface area contributed by atoms with Crippen molar-refractivity contribution in [3.63, 3.8) is 0 Å². The van der Waals surface area contributed by atoms with Crippen molar-refractivity contribution in [3.8, 4) is 0 Å². The van der Waals surface area contributed by atoms with E-state index in [2.05, 4.69) is 49.4 Å². The number of fused-ring (bicyclic) bond motifs is 1. The van der Waals surface area contributed by atoms with Crippen LogP contribution in [0.15, 0.2) is 30.5 Å². The third-order valence-corrected chi connectivity index (χ3v) is 6.35. The third-order valence-electron chi connectivity index (χ3n) is 5.37. The molecular formula is C21H28N6OS. The van der Waals surface area contributed by atoms with E-state index in [-0.39, 0.29) is 11.9 Å². The van der Waals surface area contributed by atoms with Crippen molar-refractivity contribution in [1.82, 2.24) is 25.4 Å². The lowest BCUT2D eigenvalue weighted by Gasteiger charge is -2.34. The molecule has 0 radical (unpaired) electrons. The second-order valence-electron chi connectivity index (χ2n) is 7.66. The van der Waals surface area contributed by atoms with Crippen LogP contribution in [0.5, 0.6) is 0 Å². The average Bonchev–Trinajstić information content (AvgIpc) is 3.37. The predicted octanol–water partition coefficient (Wildman–Crippen LogP) is 2.91. The second kappa shape index (κ2) is 8.92. The van der Waals surface area contributed by atoms with E-state index < -0.39 is 0 Å². The molecule has 0 bridgehead atoms. The Bertz CT molecular complexity index is 959. The van der Waals surface area contributed by atoms with Crippen molar-refractivity contribution in [1.29, 1.82) is 0 Å². The van der Waals surface area contributed by atoms with Crippen LogP contribution in [0.4, 0.5) is 5.13 Å². The Kier molecular flexibility index (Phi) is 6.10. The molecule has 1 unspecified atom stereocenters. The smallest absolute Gasteiger partial charge is 0.282 e. The van der Waals surface area contributed by atoms with Gasteiger partial charge in [0.25, 0.3) is 5.91 Å². The van der Waals surface area contributed by atoms with Crippen LogP contribution < -0.4 is 10.2 Å². The van der Waals surface area contributed by atoms with Gasteiger partial charge in [0, 0.05) is 49.3 Å². The van der Waals surface area contributed by atoms with E-state index in [1.807, 2.05) is 25.3 Å². The molecule has 4 rings (SSSR count). The standard InChI is InChI=1S/C21H28N6OS/c1-3-8-26-9-11-27(12-10-26)21-25-24-20(29-21)19(28)23-15(2)13-16-14-22-18-7-5-4-6-17(16)18/h4-7,14-15,22H,3,8-13H2,1-2H3,(H,23,28). The average molecular weight is 413 g/mol. The maximum atomic E-state index is 12.6. The lowest BCUT2D eigenvalue weighted by molar-refractivity contribution is 0.0939. The number of piperazine rings is 1. The van der Waals surface area contributed by atoms with Gasteiger partial charge >= 0.3 is 0 Å². The molecule has 1 atom stereocenters. The second-order valence-corrected chi connectivity index (χ2v) is 8.61. The number of hydrogen-bond acceptors (Lipinski definition) is 6. The minimum atomic E-state index is -0.147. The first-order valence-electron chi connectivity index (χ1n) is 10.3. The number of rotatable bonds is 7. The van der Waals surface area contributed by atoms with Crippen LogP contribution in [-0.2, 0) is 6.42 Å². The third kappa shape index (κ3) is 4.59. The maximum Gasteiger partial charge on any atom is 0.282 e. The molecule has 1 aliphatic heterocycles. The highest BCUT2D eigenvalue weighted by Crippen LogP contribution is 2.22. The van der Waals surface area contributed by atoms with Crippen molar-refractivity contribution in [2.75, 3.05) is 37.6 Å². The van der Waals surface area contributed by atoms with Gasteiger partial charge in [0.05, 0.1) is 0 Å². The minimum absolute atomic E-state index is 0.00615. The highest BCUT2D eigenvalue weighted by Gasteiger charge is 2.22. The Morgan fingerprint density at radius 1 is 1.24 bits per heavy atom. The van der Waals surface area contributed by atoms with E-state index in [4.69, 9.17) is 0 Å². The van der Waals surface area contributed by atoms with Crippen LogP contribution >= 0.6 is 11.3 Å². The quantitative estimate of drug-likeness (QED) is 0.624. The molecule has 29 heavy (non-hydrogen) atoms. The summed E-state index contributed by atoms with van der Waals surface area (Å²) >= 11 is 1.38. The Morgan fingerprint density at radius 2 is 2.03 bits per heavy atom. The summed E-state index contributed by atoms with van der Waals surface area (Å²) in [6, 6.07) is 8.23. The summed E-state index contributed by atoms with van der Waals surface area (Å²) < 4.78 is 0. The SMILES string of the molecule is CCCN1CCN(c2nnc(C(=O)NC(C)Cc3c[nH]c4ccccc34)s2)CC1. The zero-order valence-electron chi connectivity index (χ0n) is 17.0. The number of amides is 1. The summed E-state index contributed by atoms with van der Waals surface area (Å²) in [7, 11) is 0. The van der Waals surface area contributed by atoms with Crippen molar-refractivity contribution in [2.24, 2.45) is 0 Å². The Balaban J connectivity index is 1.33. The fraction of sp³-hybridized carbons (Fsp3) is 0.476. The molecule has 2 aromatic heterocycles. The number of aromatic nitrogens is 3. The number of anilines is 1. The molecular weight excluding hydrogens is 384 g/mol. The number of para-hydroxylation sites is 1. The normalized spacial score (nSPS) is 16.3. The fourth-order valence-corrected chi connectivity index (χ4v) is 4.68. The van der Waals surface area contributed by atoms with Crippen LogP contribution in [0.3, 0.4) is 0 Å². The summed E-state index contributed by atoms with van der Waals surface area (Å²) in [6.45, 7) is 9.33. The van der Waals surface area contributed by atoms with E-state index >= 15 is 0 Å². The van der Waals surface area contributed by atoms with Gasteiger partial charge in [-0.05, 0) is 37.9 Å². The van der Waals surface area contributed by atoms with Gasteiger partial charge in [-0.2, -0.15) is 0 Å². The molecule has 1 fully saturated rings. The lowest BCUT2D eigenvalue weighted by atomic mass is 10.1. The van der Waals surface area contributed by atoms with E-state index in [0.717, 1.165) is 49.8 Å². The highest BCUT2D eigenvalue weighted by atomic mass is 32.1. The number of carbonyl (C=O) groups excluding carboxylic acids is 1. The van der Waals surface area contributed by atoms with Gasteiger partial charge in [-0.3, -0.25) is 9.69 Å². The van der Waals surface area contributed by atoms with E-state index in [1.54, 1.807) is 0 Å². The van der Waals surface area contributed by atoms with Crippen molar-refractivity contribution >= 4 is 33.3 Å². The molecule has 1 saturated heterocycles. The minimum Gasteiger partial charge on any atom is -0.361 e. The van der Waals surface area contributed by atoms with Crippen LogP contribution in [0, 0.1) is 0 Å². The molecule has 154 valence electrons. The molecule has 8 heteroatoms. The van der Waals surface area contributed by atoms with Crippen LogP contribution in [-0.4, -0.2) is 64.8 Å². The number of carbonyl (C=O) groups is 1. The van der Waals surface area contributed by atoms with Crippen molar-refractivity contribution in [2.45, 2.75) is 32.7 Å². The van der Waals surface area contributed by atoms with E-state index in [0.29, 0.717) is 5.01 Å². The summed E-state index contributed by atoms with van der Waals surface area (Å²) in [6.07, 6.45) is 3.97. The molecule has 1 aliphatic rings. The first-order chi connectivity index (χ1) is 14.1. The van der Waals surface area contributed by atoms with Crippen LogP contribution in [0.25, 0.3) is 10.9 Å². The predicted molar refractivity (Wildman–Crippen MR) is 118 cm³/mol. The summed E-state index contributed by atoms with van der Waals surface area (Å²) in [5, 5.41) is 14.0. The molecule has 0 spiro atoms. The van der Waals surface area contributed by atoms with Gasteiger partial charge in [0.1, 0.15) is 0 Å². The molecule has 2 N–H and O–H groups in total. The molecule has 1 amide bonds. The maximum absolute atomic E-state index is 12.6. The summed E-state index contributed by atoms with van der Waals surface area (Å²) in [4.78, 5) is 20.6. The van der Waals surface area contributed by atoms with E-state index in [1.165, 1.54) is 28.7 Å².